The standard InChI is InChI=1S/C17H20BrN3/c18-15-11-19-10-14-16(6-7-20-17(14)15)21-8-2-5-13(21)9-12-3-1-4-12/h6-7,10-13H,1-5,8-9H2. The number of nitrogens with zero attached hydrogens (tertiary/aromatic N) is 3. The van der Waals surface area contributed by atoms with E-state index in [0.29, 0.717) is 6.04 Å². The van der Waals surface area contributed by atoms with Crippen LogP contribution in [-0.2, 0) is 0 Å². The first kappa shape index (κ1) is 13.5. The lowest BCUT2D eigenvalue weighted by Gasteiger charge is -2.34. The molecule has 2 fully saturated rings. The van der Waals surface area contributed by atoms with Crippen LogP contribution in [-0.4, -0.2) is 22.6 Å². The molecular formula is C17H20BrN3. The first-order valence-corrected chi connectivity index (χ1v) is 8.77. The van der Waals surface area contributed by atoms with E-state index in [9.17, 15) is 0 Å². The van der Waals surface area contributed by atoms with Crippen LogP contribution in [0.25, 0.3) is 10.9 Å². The Kier molecular flexibility index (Phi) is 3.57. The van der Waals surface area contributed by atoms with E-state index in [4.69, 9.17) is 0 Å². The van der Waals surface area contributed by atoms with Gasteiger partial charge in [-0.15, -0.1) is 0 Å². The monoisotopic (exact) mass is 345 g/mol. The van der Waals surface area contributed by atoms with Crippen molar-refractivity contribution in [1.29, 1.82) is 0 Å². The lowest BCUT2D eigenvalue weighted by atomic mass is 9.80. The lowest BCUT2D eigenvalue weighted by molar-refractivity contribution is 0.276. The third-order valence-electron chi connectivity index (χ3n) is 5.10. The molecule has 2 aromatic rings. The zero-order valence-electron chi connectivity index (χ0n) is 12.1. The van der Waals surface area contributed by atoms with Crippen molar-refractivity contribution in [3.05, 3.63) is 29.1 Å². The summed E-state index contributed by atoms with van der Waals surface area (Å²) < 4.78 is 0.983. The number of halogens is 1. The Hall–Kier alpha value is -1.16. The number of aromatic nitrogens is 2. The maximum absolute atomic E-state index is 4.51. The van der Waals surface area contributed by atoms with Gasteiger partial charge in [-0.05, 0) is 47.2 Å². The zero-order valence-corrected chi connectivity index (χ0v) is 13.7. The van der Waals surface area contributed by atoms with Gasteiger partial charge in [-0.1, -0.05) is 19.3 Å². The second-order valence-corrected chi connectivity index (χ2v) is 7.22. The molecule has 0 amide bonds. The molecule has 1 saturated carbocycles. The summed E-state index contributed by atoms with van der Waals surface area (Å²) >= 11 is 3.57. The van der Waals surface area contributed by atoms with Crippen LogP contribution in [0.4, 0.5) is 5.69 Å². The van der Waals surface area contributed by atoms with Crippen LogP contribution in [0.3, 0.4) is 0 Å². The van der Waals surface area contributed by atoms with E-state index in [0.717, 1.165) is 15.9 Å². The fraction of sp³-hybridized carbons (Fsp3) is 0.529. The highest BCUT2D eigenvalue weighted by molar-refractivity contribution is 9.10. The van der Waals surface area contributed by atoms with E-state index >= 15 is 0 Å². The highest BCUT2D eigenvalue weighted by Gasteiger charge is 2.30. The number of fused-ring (bicyclic) bond motifs is 1. The molecule has 21 heavy (non-hydrogen) atoms. The predicted molar refractivity (Wildman–Crippen MR) is 89.6 cm³/mol. The summed E-state index contributed by atoms with van der Waals surface area (Å²) in [5.41, 5.74) is 2.34. The van der Waals surface area contributed by atoms with Crippen LogP contribution < -0.4 is 4.90 Å². The molecule has 1 aliphatic carbocycles. The Morgan fingerprint density at radius 1 is 1.19 bits per heavy atom. The molecule has 0 bridgehead atoms. The first-order chi connectivity index (χ1) is 10.3. The SMILES string of the molecule is Brc1cncc2c(N3CCCC3CC3CCC3)ccnc12. The summed E-state index contributed by atoms with van der Waals surface area (Å²) in [7, 11) is 0. The molecule has 0 aromatic carbocycles. The predicted octanol–water partition coefficient (Wildman–Crippen LogP) is 4.55. The van der Waals surface area contributed by atoms with Crippen LogP contribution in [0.2, 0.25) is 0 Å². The molecule has 1 saturated heterocycles. The Morgan fingerprint density at radius 3 is 2.90 bits per heavy atom. The van der Waals surface area contributed by atoms with Crippen molar-refractivity contribution >= 4 is 32.5 Å². The van der Waals surface area contributed by atoms with Crippen LogP contribution in [0.5, 0.6) is 0 Å². The van der Waals surface area contributed by atoms with Gasteiger partial charge < -0.3 is 4.90 Å². The number of pyridine rings is 2. The maximum Gasteiger partial charge on any atom is 0.0895 e. The minimum atomic E-state index is 0.708. The highest BCUT2D eigenvalue weighted by atomic mass is 79.9. The number of hydrogen-bond acceptors (Lipinski definition) is 3. The van der Waals surface area contributed by atoms with Crippen LogP contribution in [0.15, 0.2) is 29.1 Å². The number of hydrogen-bond donors (Lipinski definition) is 0. The number of rotatable bonds is 3. The van der Waals surface area contributed by atoms with Crippen molar-refractivity contribution in [2.75, 3.05) is 11.4 Å². The quantitative estimate of drug-likeness (QED) is 0.816. The largest absolute Gasteiger partial charge is 0.368 e. The van der Waals surface area contributed by atoms with E-state index in [1.165, 1.54) is 56.1 Å². The maximum atomic E-state index is 4.51. The van der Waals surface area contributed by atoms with Gasteiger partial charge in [0.1, 0.15) is 0 Å². The van der Waals surface area contributed by atoms with Gasteiger partial charge in [0.25, 0.3) is 0 Å². The van der Waals surface area contributed by atoms with Crippen LogP contribution in [0, 0.1) is 5.92 Å². The molecule has 4 rings (SSSR count). The highest BCUT2D eigenvalue weighted by Crippen LogP contribution is 2.38. The fourth-order valence-electron chi connectivity index (χ4n) is 3.78. The smallest absolute Gasteiger partial charge is 0.0895 e. The first-order valence-electron chi connectivity index (χ1n) is 7.98. The normalized spacial score (nSPS) is 22.7. The molecule has 1 atom stereocenters. The minimum Gasteiger partial charge on any atom is -0.368 e. The summed E-state index contributed by atoms with van der Waals surface area (Å²) in [4.78, 5) is 11.5. The average Bonchev–Trinajstić information content (AvgIpc) is 2.91. The van der Waals surface area contributed by atoms with Crippen LogP contribution in [0.1, 0.15) is 38.5 Å². The Labute approximate surface area is 133 Å². The zero-order chi connectivity index (χ0) is 14.2. The Bertz CT molecular complexity index is 654. The lowest BCUT2D eigenvalue weighted by Crippen LogP contribution is -2.32. The fourth-order valence-corrected chi connectivity index (χ4v) is 4.21. The van der Waals surface area contributed by atoms with Crippen molar-refractivity contribution < 1.29 is 0 Å². The molecule has 110 valence electrons. The molecule has 0 spiro atoms. The summed E-state index contributed by atoms with van der Waals surface area (Å²) in [6.07, 6.45) is 14.0. The molecule has 0 N–H and O–H groups in total. The van der Waals surface area contributed by atoms with E-state index < -0.39 is 0 Å². The topological polar surface area (TPSA) is 29.0 Å². The van der Waals surface area contributed by atoms with Gasteiger partial charge in [-0.2, -0.15) is 0 Å². The van der Waals surface area contributed by atoms with E-state index in [-0.39, 0.29) is 0 Å². The van der Waals surface area contributed by atoms with Crippen molar-refractivity contribution in [1.82, 2.24) is 9.97 Å². The van der Waals surface area contributed by atoms with E-state index in [2.05, 4.69) is 36.9 Å². The second kappa shape index (κ2) is 5.56. The Balaban J connectivity index is 1.69. The van der Waals surface area contributed by atoms with Gasteiger partial charge in [0, 0.05) is 42.3 Å². The van der Waals surface area contributed by atoms with Crippen molar-refractivity contribution in [3.63, 3.8) is 0 Å². The molecule has 1 unspecified atom stereocenters. The average molecular weight is 346 g/mol. The van der Waals surface area contributed by atoms with Crippen molar-refractivity contribution in [3.8, 4) is 0 Å². The summed E-state index contributed by atoms with van der Waals surface area (Å²) in [5.74, 6) is 0.966. The van der Waals surface area contributed by atoms with E-state index in [1.807, 2.05) is 18.6 Å². The minimum absolute atomic E-state index is 0.708. The van der Waals surface area contributed by atoms with Gasteiger partial charge in [-0.25, -0.2) is 0 Å². The molecular weight excluding hydrogens is 326 g/mol. The summed E-state index contributed by atoms with van der Waals surface area (Å²) in [6, 6.07) is 2.87. The Morgan fingerprint density at radius 2 is 2.10 bits per heavy atom. The van der Waals surface area contributed by atoms with Gasteiger partial charge in [0.2, 0.25) is 0 Å². The van der Waals surface area contributed by atoms with Gasteiger partial charge in [-0.3, -0.25) is 9.97 Å². The van der Waals surface area contributed by atoms with Crippen molar-refractivity contribution in [2.24, 2.45) is 5.92 Å². The van der Waals surface area contributed by atoms with Crippen LogP contribution >= 0.6 is 15.9 Å². The van der Waals surface area contributed by atoms with Gasteiger partial charge >= 0.3 is 0 Å². The third-order valence-corrected chi connectivity index (χ3v) is 5.68. The molecule has 2 aromatic heterocycles. The molecule has 2 aliphatic rings. The molecule has 0 radical (unpaired) electrons. The molecule has 3 nitrogen and oxygen atoms in total. The summed E-state index contributed by atoms with van der Waals surface area (Å²) in [5, 5.41) is 1.17. The van der Waals surface area contributed by atoms with E-state index in [1.54, 1.807) is 0 Å². The van der Waals surface area contributed by atoms with Gasteiger partial charge in [0.15, 0.2) is 0 Å². The molecule has 3 heterocycles. The molecule has 1 aliphatic heterocycles. The summed E-state index contributed by atoms with van der Waals surface area (Å²) in [6.45, 7) is 1.17. The third kappa shape index (κ3) is 2.44. The second-order valence-electron chi connectivity index (χ2n) is 6.37. The van der Waals surface area contributed by atoms with Crippen molar-refractivity contribution in [2.45, 2.75) is 44.6 Å². The van der Waals surface area contributed by atoms with Gasteiger partial charge in [0.05, 0.1) is 9.99 Å². The number of anilines is 1. The molecule has 4 heteroatoms.